The number of aryl methyl sites for hydroxylation is 1. The average Bonchev–Trinajstić information content (AvgIpc) is 3.36. The normalized spacial score (nSPS) is 20.9. The van der Waals surface area contributed by atoms with Gasteiger partial charge < -0.3 is 9.30 Å². The van der Waals surface area contributed by atoms with Crippen LogP contribution < -0.4 is 0 Å². The highest BCUT2D eigenvalue weighted by Crippen LogP contribution is 2.42. The Kier molecular flexibility index (Phi) is 4.21. The zero-order valence-corrected chi connectivity index (χ0v) is 15.8. The number of hydrogen-bond acceptors (Lipinski definition) is 5. The molecule has 27 heavy (non-hydrogen) atoms. The van der Waals surface area contributed by atoms with Crippen molar-refractivity contribution in [1.82, 2.24) is 29.7 Å². The molecule has 0 bridgehead atoms. The van der Waals surface area contributed by atoms with Gasteiger partial charge in [-0.1, -0.05) is 19.3 Å². The fourth-order valence-corrected chi connectivity index (χ4v) is 4.86. The molecule has 0 N–H and O–H groups in total. The van der Waals surface area contributed by atoms with Crippen LogP contribution in [0.3, 0.4) is 0 Å². The van der Waals surface area contributed by atoms with Gasteiger partial charge in [-0.3, -0.25) is 4.90 Å². The van der Waals surface area contributed by atoms with Gasteiger partial charge in [0.1, 0.15) is 0 Å². The van der Waals surface area contributed by atoms with E-state index in [0.717, 1.165) is 50.7 Å². The van der Waals surface area contributed by atoms with Crippen molar-refractivity contribution in [2.75, 3.05) is 26.3 Å². The zero-order valence-electron chi connectivity index (χ0n) is 15.8. The predicted octanol–water partition coefficient (Wildman–Crippen LogP) is 2.65. The van der Waals surface area contributed by atoms with Gasteiger partial charge in [-0.25, -0.2) is 0 Å². The number of tetrazole rings is 1. The number of benzene rings is 1. The van der Waals surface area contributed by atoms with E-state index in [2.05, 4.69) is 62.5 Å². The third kappa shape index (κ3) is 2.76. The molecule has 0 spiro atoms. The molecular weight excluding hydrogens is 340 g/mol. The summed E-state index contributed by atoms with van der Waals surface area (Å²) >= 11 is 0. The highest BCUT2D eigenvalue weighted by Gasteiger charge is 2.44. The quantitative estimate of drug-likeness (QED) is 0.713. The van der Waals surface area contributed by atoms with Crippen molar-refractivity contribution < 1.29 is 4.74 Å². The third-order valence-corrected chi connectivity index (χ3v) is 6.30. The molecule has 1 saturated heterocycles. The van der Waals surface area contributed by atoms with E-state index in [0.29, 0.717) is 0 Å². The van der Waals surface area contributed by atoms with Crippen molar-refractivity contribution in [3.8, 4) is 5.69 Å². The summed E-state index contributed by atoms with van der Waals surface area (Å²) in [4.78, 5) is 2.57. The molecule has 0 radical (unpaired) electrons. The first-order valence-corrected chi connectivity index (χ1v) is 9.95. The molecule has 2 fully saturated rings. The van der Waals surface area contributed by atoms with E-state index in [9.17, 15) is 0 Å². The second-order valence-electron chi connectivity index (χ2n) is 7.78. The second-order valence-corrected chi connectivity index (χ2v) is 7.78. The molecule has 0 atom stereocenters. The zero-order chi connectivity index (χ0) is 18.3. The number of aromatic nitrogens is 5. The van der Waals surface area contributed by atoms with E-state index >= 15 is 0 Å². The van der Waals surface area contributed by atoms with Crippen LogP contribution in [0.25, 0.3) is 16.6 Å². The highest BCUT2D eigenvalue weighted by atomic mass is 16.5. The Morgan fingerprint density at radius 2 is 1.85 bits per heavy atom. The summed E-state index contributed by atoms with van der Waals surface area (Å²) in [6.45, 7) is 3.48. The van der Waals surface area contributed by atoms with Gasteiger partial charge >= 0.3 is 0 Å². The van der Waals surface area contributed by atoms with Crippen molar-refractivity contribution in [1.29, 1.82) is 0 Å². The van der Waals surface area contributed by atoms with Crippen molar-refractivity contribution in [2.24, 2.45) is 7.05 Å². The minimum absolute atomic E-state index is 0.0861. The summed E-state index contributed by atoms with van der Waals surface area (Å²) in [6.07, 6.45) is 8.06. The number of ether oxygens (including phenoxy) is 1. The monoisotopic (exact) mass is 366 g/mol. The molecule has 1 saturated carbocycles. The Balaban J connectivity index is 1.60. The standard InChI is InChI=1S/C20H26N6O/c1-24-10-7-16-15-17(5-6-18(16)24)26-19(21-22-23-26)20(8-3-2-4-9-20)25-11-13-27-14-12-25/h5-7,10,15H,2-4,8-9,11-14H2,1H3. The third-order valence-electron chi connectivity index (χ3n) is 6.30. The largest absolute Gasteiger partial charge is 0.379 e. The molecule has 7 heteroatoms. The SMILES string of the molecule is Cn1ccc2cc(-n3nnnc3C3(N4CCOCC4)CCCCC3)ccc21. The average molecular weight is 366 g/mol. The predicted molar refractivity (Wildman–Crippen MR) is 103 cm³/mol. The molecule has 2 aliphatic rings. The first-order chi connectivity index (χ1) is 13.3. The summed E-state index contributed by atoms with van der Waals surface area (Å²) in [6, 6.07) is 8.60. The number of hydrogen-bond donors (Lipinski definition) is 0. The Hall–Kier alpha value is -2.25. The highest BCUT2D eigenvalue weighted by molar-refractivity contribution is 5.82. The summed E-state index contributed by atoms with van der Waals surface area (Å²) in [5.41, 5.74) is 2.16. The van der Waals surface area contributed by atoms with Gasteiger partial charge in [0, 0.05) is 37.2 Å². The molecule has 2 aromatic heterocycles. The molecule has 3 heterocycles. The van der Waals surface area contributed by atoms with Crippen molar-refractivity contribution in [2.45, 2.75) is 37.6 Å². The number of rotatable bonds is 3. The summed E-state index contributed by atoms with van der Waals surface area (Å²) < 4.78 is 9.72. The first kappa shape index (κ1) is 16.9. The van der Waals surface area contributed by atoms with Crippen LogP contribution in [0.5, 0.6) is 0 Å². The summed E-state index contributed by atoms with van der Waals surface area (Å²) in [5.74, 6) is 0.986. The Labute approximate surface area is 158 Å². The maximum atomic E-state index is 5.62. The molecule has 3 aromatic rings. The Morgan fingerprint density at radius 1 is 1.04 bits per heavy atom. The lowest BCUT2D eigenvalue weighted by Crippen LogP contribution is -2.53. The number of fused-ring (bicyclic) bond motifs is 1. The lowest BCUT2D eigenvalue weighted by Gasteiger charge is -2.46. The number of morpholine rings is 1. The van der Waals surface area contributed by atoms with Gasteiger partial charge in [0.2, 0.25) is 0 Å². The molecule has 1 aromatic carbocycles. The van der Waals surface area contributed by atoms with Gasteiger partial charge in [0.05, 0.1) is 24.4 Å². The summed E-state index contributed by atoms with van der Waals surface area (Å²) in [7, 11) is 2.07. The molecule has 0 unspecified atom stereocenters. The van der Waals surface area contributed by atoms with Crippen molar-refractivity contribution in [3.63, 3.8) is 0 Å². The van der Waals surface area contributed by atoms with E-state index < -0.39 is 0 Å². The van der Waals surface area contributed by atoms with Crippen LogP contribution in [0.15, 0.2) is 30.5 Å². The van der Waals surface area contributed by atoms with Crippen LogP contribution in [0.2, 0.25) is 0 Å². The van der Waals surface area contributed by atoms with Gasteiger partial charge in [-0.05, 0) is 47.5 Å². The lowest BCUT2D eigenvalue weighted by molar-refractivity contribution is -0.0451. The molecular formula is C20H26N6O. The smallest absolute Gasteiger partial charge is 0.176 e. The summed E-state index contributed by atoms with van der Waals surface area (Å²) in [5, 5.41) is 14.3. The topological polar surface area (TPSA) is 61.0 Å². The second kappa shape index (κ2) is 6.73. The van der Waals surface area contributed by atoms with Crippen LogP contribution >= 0.6 is 0 Å². The van der Waals surface area contributed by atoms with Crippen LogP contribution in [0, 0.1) is 0 Å². The van der Waals surface area contributed by atoms with Crippen molar-refractivity contribution in [3.05, 3.63) is 36.3 Å². The van der Waals surface area contributed by atoms with Crippen LogP contribution in [-0.2, 0) is 17.3 Å². The minimum atomic E-state index is -0.0861. The van der Waals surface area contributed by atoms with Gasteiger partial charge in [0.15, 0.2) is 5.82 Å². The molecule has 7 nitrogen and oxygen atoms in total. The Bertz CT molecular complexity index is 933. The number of nitrogens with zero attached hydrogens (tertiary/aromatic N) is 6. The van der Waals surface area contributed by atoms with Crippen LogP contribution in [0.4, 0.5) is 0 Å². The Morgan fingerprint density at radius 3 is 2.67 bits per heavy atom. The van der Waals surface area contributed by atoms with Crippen LogP contribution in [0.1, 0.15) is 37.9 Å². The van der Waals surface area contributed by atoms with E-state index in [4.69, 9.17) is 4.74 Å². The first-order valence-electron chi connectivity index (χ1n) is 9.95. The van der Waals surface area contributed by atoms with Gasteiger partial charge in [0.25, 0.3) is 0 Å². The maximum Gasteiger partial charge on any atom is 0.176 e. The molecule has 1 aliphatic carbocycles. The molecule has 142 valence electrons. The fraction of sp³-hybridized carbons (Fsp3) is 0.550. The van der Waals surface area contributed by atoms with Crippen molar-refractivity contribution >= 4 is 10.9 Å². The molecule has 5 rings (SSSR count). The van der Waals surface area contributed by atoms with Crippen LogP contribution in [-0.4, -0.2) is 56.0 Å². The van der Waals surface area contributed by atoms with E-state index in [1.807, 2.05) is 4.68 Å². The maximum absolute atomic E-state index is 5.62. The fourth-order valence-electron chi connectivity index (χ4n) is 4.86. The van der Waals surface area contributed by atoms with E-state index in [1.54, 1.807) is 0 Å². The van der Waals surface area contributed by atoms with Gasteiger partial charge in [-0.2, -0.15) is 4.68 Å². The molecule has 0 amide bonds. The minimum Gasteiger partial charge on any atom is -0.379 e. The van der Waals surface area contributed by atoms with Gasteiger partial charge in [-0.15, -0.1) is 5.10 Å². The van der Waals surface area contributed by atoms with E-state index in [-0.39, 0.29) is 5.54 Å². The van der Waals surface area contributed by atoms with E-state index in [1.165, 1.54) is 30.2 Å². The lowest BCUT2D eigenvalue weighted by atomic mass is 9.79. The molecule has 1 aliphatic heterocycles.